The molecule has 0 saturated heterocycles. The van der Waals surface area contributed by atoms with Crippen LogP contribution in [0, 0.1) is 5.82 Å². The van der Waals surface area contributed by atoms with Gasteiger partial charge in [0, 0.05) is 11.4 Å². The summed E-state index contributed by atoms with van der Waals surface area (Å²) in [6.45, 7) is 0. The van der Waals surface area contributed by atoms with Crippen molar-refractivity contribution in [2.45, 2.75) is 0 Å². The summed E-state index contributed by atoms with van der Waals surface area (Å²) in [5, 5.41) is 10.3. The monoisotopic (exact) mass is 238 g/mol. The van der Waals surface area contributed by atoms with Gasteiger partial charge in [-0.05, 0) is 24.3 Å². The van der Waals surface area contributed by atoms with Crippen LogP contribution in [0.4, 0.5) is 4.39 Å². The predicted molar refractivity (Wildman–Crippen MR) is 57.8 cm³/mol. The summed E-state index contributed by atoms with van der Waals surface area (Å²) < 4.78 is 17.9. The van der Waals surface area contributed by atoms with Gasteiger partial charge < -0.3 is 9.84 Å². The highest BCUT2D eigenvalue weighted by Gasteiger charge is 2.07. The van der Waals surface area contributed by atoms with E-state index in [4.69, 9.17) is 9.84 Å². The van der Waals surface area contributed by atoms with E-state index in [1.807, 2.05) is 0 Å². The molecular weight excluding hydrogens is 231 g/mol. The summed E-state index contributed by atoms with van der Waals surface area (Å²) in [5.41, 5.74) is 0. The second-order valence-electron chi connectivity index (χ2n) is 3.01. The van der Waals surface area contributed by atoms with Gasteiger partial charge in [-0.3, -0.25) is 0 Å². The van der Waals surface area contributed by atoms with E-state index in [9.17, 15) is 9.18 Å². The van der Waals surface area contributed by atoms with Gasteiger partial charge in [0.15, 0.2) is 0 Å². The summed E-state index contributed by atoms with van der Waals surface area (Å²) in [6, 6.07) is 6.94. The van der Waals surface area contributed by atoms with Crippen molar-refractivity contribution >= 4 is 17.3 Å². The van der Waals surface area contributed by atoms with Crippen LogP contribution in [0.1, 0.15) is 9.67 Å². The highest BCUT2D eigenvalue weighted by molar-refractivity contribution is 7.12. The maximum atomic E-state index is 12.6. The number of carbonyl (C=O) groups is 1. The van der Waals surface area contributed by atoms with E-state index in [2.05, 4.69) is 0 Å². The highest BCUT2D eigenvalue weighted by Crippen LogP contribution is 2.26. The normalized spacial score (nSPS) is 10.1. The fourth-order valence-electron chi connectivity index (χ4n) is 1.12. The van der Waals surface area contributed by atoms with E-state index in [1.54, 1.807) is 5.38 Å². The minimum atomic E-state index is -0.987. The van der Waals surface area contributed by atoms with E-state index < -0.39 is 5.97 Å². The molecule has 0 atom stereocenters. The molecule has 0 aliphatic rings. The summed E-state index contributed by atoms with van der Waals surface area (Å²) in [5.74, 6) is -0.423. The van der Waals surface area contributed by atoms with Crippen LogP contribution in [-0.4, -0.2) is 11.1 Å². The van der Waals surface area contributed by atoms with E-state index >= 15 is 0 Å². The topological polar surface area (TPSA) is 46.5 Å². The van der Waals surface area contributed by atoms with Crippen LogP contribution < -0.4 is 4.74 Å². The van der Waals surface area contributed by atoms with Crippen LogP contribution >= 0.6 is 11.3 Å². The van der Waals surface area contributed by atoms with Crippen molar-refractivity contribution in [3.63, 3.8) is 0 Å². The van der Waals surface area contributed by atoms with Crippen LogP contribution in [0.2, 0.25) is 0 Å². The van der Waals surface area contributed by atoms with Gasteiger partial charge in [0.25, 0.3) is 0 Å². The maximum Gasteiger partial charge on any atom is 0.346 e. The predicted octanol–water partition coefficient (Wildman–Crippen LogP) is 3.38. The third-order valence-electron chi connectivity index (χ3n) is 1.84. The largest absolute Gasteiger partial charge is 0.477 e. The lowest BCUT2D eigenvalue weighted by molar-refractivity contribution is 0.0702. The van der Waals surface area contributed by atoms with Crippen molar-refractivity contribution < 1.29 is 19.0 Å². The number of hydrogen-bond donors (Lipinski definition) is 1. The molecule has 0 aliphatic heterocycles. The van der Waals surface area contributed by atoms with Gasteiger partial charge >= 0.3 is 5.97 Å². The number of thiophene rings is 1. The molecule has 1 aromatic heterocycles. The van der Waals surface area contributed by atoms with Crippen molar-refractivity contribution in [2.75, 3.05) is 0 Å². The number of halogens is 1. The number of benzene rings is 1. The number of ether oxygens (including phenoxy) is 1. The fourth-order valence-corrected chi connectivity index (χ4v) is 1.77. The number of hydrogen-bond acceptors (Lipinski definition) is 3. The molecule has 2 aromatic rings. The van der Waals surface area contributed by atoms with Gasteiger partial charge in [0.1, 0.15) is 22.2 Å². The summed E-state index contributed by atoms with van der Waals surface area (Å²) in [7, 11) is 0. The average molecular weight is 238 g/mol. The molecule has 82 valence electrons. The van der Waals surface area contributed by atoms with Crippen molar-refractivity contribution in [3.8, 4) is 11.5 Å². The second kappa shape index (κ2) is 4.32. The van der Waals surface area contributed by atoms with Crippen molar-refractivity contribution in [1.29, 1.82) is 0 Å². The number of aromatic carboxylic acids is 1. The molecular formula is C11H7FO3S. The Balaban J connectivity index is 2.14. The lowest BCUT2D eigenvalue weighted by atomic mass is 10.3. The quantitative estimate of drug-likeness (QED) is 0.891. The van der Waals surface area contributed by atoms with E-state index in [0.29, 0.717) is 11.5 Å². The Morgan fingerprint density at radius 1 is 1.25 bits per heavy atom. The molecule has 0 bridgehead atoms. The molecule has 5 heteroatoms. The summed E-state index contributed by atoms with van der Waals surface area (Å²) in [4.78, 5) is 10.8. The Kier molecular flexibility index (Phi) is 2.87. The lowest BCUT2D eigenvalue weighted by Crippen LogP contribution is -1.90. The van der Waals surface area contributed by atoms with Crippen molar-refractivity contribution in [2.24, 2.45) is 0 Å². The lowest BCUT2D eigenvalue weighted by Gasteiger charge is -2.01. The van der Waals surface area contributed by atoms with Gasteiger partial charge in [-0.2, -0.15) is 0 Å². The molecule has 16 heavy (non-hydrogen) atoms. The zero-order chi connectivity index (χ0) is 11.5. The molecule has 1 aromatic carbocycles. The Hall–Kier alpha value is -1.88. The molecule has 0 aliphatic carbocycles. The van der Waals surface area contributed by atoms with Crippen LogP contribution in [0.15, 0.2) is 35.7 Å². The van der Waals surface area contributed by atoms with Crippen LogP contribution in [0.25, 0.3) is 0 Å². The van der Waals surface area contributed by atoms with Crippen LogP contribution in [0.3, 0.4) is 0 Å². The average Bonchev–Trinajstić information content (AvgIpc) is 2.70. The molecule has 0 radical (unpaired) electrons. The molecule has 0 unspecified atom stereocenters. The number of rotatable bonds is 3. The molecule has 1 heterocycles. The zero-order valence-corrected chi connectivity index (χ0v) is 8.83. The first kappa shape index (κ1) is 10.6. The molecule has 0 saturated carbocycles. The van der Waals surface area contributed by atoms with E-state index in [0.717, 1.165) is 11.3 Å². The van der Waals surface area contributed by atoms with Gasteiger partial charge in [-0.15, -0.1) is 11.3 Å². The van der Waals surface area contributed by atoms with Gasteiger partial charge in [0.05, 0.1) is 0 Å². The van der Waals surface area contributed by atoms with Gasteiger partial charge in [-0.25, -0.2) is 9.18 Å². The highest BCUT2D eigenvalue weighted by atomic mass is 32.1. The van der Waals surface area contributed by atoms with Crippen molar-refractivity contribution in [3.05, 3.63) is 46.4 Å². The summed E-state index contributed by atoms with van der Waals surface area (Å²) in [6.07, 6.45) is 0. The Labute approximate surface area is 94.7 Å². The smallest absolute Gasteiger partial charge is 0.346 e. The van der Waals surface area contributed by atoms with E-state index in [-0.39, 0.29) is 10.7 Å². The SMILES string of the molecule is O=C(O)c1cc(Oc2ccc(F)cc2)cs1. The first-order valence-electron chi connectivity index (χ1n) is 4.40. The third-order valence-corrected chi connectivity index (χ3v) is 2.73. The van der Waals surface area contributed by atoms with Gasteiger partial charge in [-0.1, -0.05) is 0 Å². The zero-order valence-electron chi connectivity index (χ0n) is 8.01. The summed E-state index contributed by atoms with van der Waals surface area (Å²) >= 11 is 1.08. The van der Waals surface area contributed by atoms with E-state index in [1.165, 1.54) is 30.3 Å². The maximum absolute atomic E-state index is 12.6. The van der Waals surface area contributed by atoms with Crippen LogP contribution in [0.5, 0.6) is 11.5 Å². The Bertz CT molecular complexity index is 504. The number of carboxylic acid groups (broad SMARTS) is 1. The molecule has 0 spiro atoms. The first-order valence-corrected chi connectivity index (χ1v) is 5.28. The third kappa shape index (κ3) is 2.38. The minimum Gasteiger partial charge on any atom is -0.477 e. The molecule has 2 rings (SSSR count). The second-order valence-corrected chi connectivity index (χ2v) is 3.92. The van der Waals surface area contributed by atoms with Crippen LogP contribution in [-0.2, 0) is 0 Å². The Morgan fingerprint density at radius 3 is 2.50 bits per heavy atom. The minimum absolute atomic E-state index is 0.206. The first-order chi connectivity index (χ1) is 7.65. The number of carboxylic acids is 1. The molecule has 0 amide bonds. The fraction of sp³-hybridized carbons (Fsp3) is 0. The van der Waals surface area contributed by atoms with Gasteiger partial charge in [0.2, 0.25) is 0 Å². The molecule has 0 fully saturated rings. The molecule has 1 N–H and O–H groups in total. The molecule has 3 nitrogen and oxygen atoms in total. The standard InChI is InChI=1S/C11H7FO3S/c12-7-1-3-8(4-2-7)15-9-5-10(11(13)14)16-6-9/h1-6H,(H,13,14). The Morgan fingerprint density at radius 2 is 1.94 bits per heavy atom. The van der Waals surface area contributed by atoms with Crippen molar-refractivity contribution in [1.82, 2.24) is 0 Å².